The number of methoxy groups -OCH3 is 1. The van der Waals surface area contributed by atoms with Gasteiger partial charge in [0, 0.05) is 23.4 Å². The van der Waals surface area contributed by atoms with E-state index in [1.54, 1.807) is 7.11 Å². The first-order valence-electron chi connectivity index (χ1n) is 11.4. The lowest BCUT2D eigenvalue weighted by Gasteiger charge is -2.52. The van der Waals surface area contributed by atoms with Crippen molar-refractivity contribution in [1.29, 1.82) is 0 Å². The SMILES string of the molecule is CCC[C@]12c3c4ccc(OC)c3O[C@H]1C(=O)CC[C@H]2C(N(C)COC(=O)C(C)(C)C)C4. The molecule has 170 valence electrons. The number of nitrogens with zero attached hydrogens (tertiary/aromatic N) is 1. The van der Waals surface area contributed by atoms with Crippen LogP contribution in [0.2, 0.25) is 0 Å². The van der Waals surface area contributed by atoms with Crippen LogP contribution in [-0.2, 0) is 26.2 Å². The third-order valence-corrected chi connectivity index (χ3v) is 7.39. The number of Topliss-reactive ketones (excluding diaryl/α,β-unsaturated/α-hetero) is 1. The number of esters is 1. The number of carbonyl (C=O) groups is 2. The topological polar surface area (TPSA) is 65.1 Å². The number of benzene rings is 1. The molecule has 1 aliphatic heterocycles. The number of hydrogen-bond donors (Lipinski definition) is 0. The summed E-state index contributed by atoms with van der Waals surface area (Å²) in [4.78, 5) is 27.6. The van der Waals surface area contributed by atoms with Crippen LogP contribution in [0.15, 0.2) is 12.1 Å². The van der Waals surface area contributed by atoms with Crippen LogP contribution in [0.1, 0.15) is 64.5 Å². The Morgan fingerprint density at radius 1 is 1.32 bits per heavy atom. The summed E-state index contributed by atoms with van der Waals surface area (Å²) in [7, 11) is 3.68. The van der Waals surface area contributed by atoms with Crippen LogP contribution < -0.4 is 9.47 Å². The predicted molar refractivity (Wildman–Crippen MR) is 117 cm³/mol. The summed E-state index contributed by atoms with van der Waals surface area (Å²) in [5.74, 6) is 1.72. The van der Waals surface area contributed by atoms with Crippen LogP contribution >= 0.6 is 0 Å². The Morgan fingerprint density at radius 3 is 2.71 bits per heavy atom. The molecule has 4 rings (SSSR count). The third-order valence-electron chi connectivity index (χ3n) is 7.39. The lowest BCUT2D eigenvalue weighted by molar-refractivity contribution is -0.159. The molecule has 2 aliphatic carbocycles. The van der Waals surface area contributed by atoms with E-state index in [0.717, 1.165) is 31.4 Å². The summed E-state index contributed by atoms with van der Waals surface area (Å²) in [6, 6.07) is 4.25. The monoisotopic (exact) mass is 429 g/mol. The maximum Gasteiger partial charge on any atom is 0.312 e. The summed E-state index contributed by atoms with van der Waals surface area (Å²) >= 11 is 0. The summed E-state index contributed by atoms with van der Waals surface area (Å²) < 4.78 is 17.6. The van der Waals surface area contributed by atoms with Gasteiger partial charge in [0.2, 0.25) is 0 Å². The van der Waals surface area contributed by atoms with Crippen molar-refractivity contribution in [3.8, 4) is 11.5 Å². The van der Waals surface area contributed by atoms with Crippen molar-refractivity contribution >= 4 is 11.8 Å². The van der Waals surface area contributed by atoms with Gasteiger partial charge in [0.1, 0.15) is 6.73 Å². The quantitative estimate of drug-likeness (QED) is 0.505. The number of hydrogen-bond acceptors (Lipinski definition) is 6. The van der Waals surface area contributed by atoms with E-state index in [1.165, 1.54) is 11.1 Å². The molecule has 0 spiro atoms. The van der Waals surface area contributed by atoms with E-state index in [0.29, 0.717) is 12.2 Å². The van der Waals surface area contributed by atoms with Gasteiger partial charge in [0.25, 0.3) is 0 Å². The molecular weight excluding hydrogens is 394 g/mol. The van der Waals surface area contributed by atoms with Gasteiger partial charge >= 0.3 is 5.97 Å². The molecule has 0 bridgehead atoms. The van der Waals surface area contributed by atoms with E-state index in [4.69, 9.17) is 14.2 Å². The number of ether oxygens (including phenoxy) is 3. The minimum atomic E-state index is -0.531. The van der Waals surface area contributed by atoms with E-state index < -0.39 is 11.5 Å². The van der Waals surface area contributed by atoms with Crippen molar-refractivity contribution < 1.29 is 23.8 Å². The Hall–Kier alpha value is -2.08. The van der Waals surface area contributed by atoms with Crippen molar-refractivity contribution in [3.05, 3.63) is 23.3 Å². The second-order valence-electron chi connectivity index (χ2n) is 10.4. The van der Waals surface area contributed by atoms with Gasteiger partial charge in [-0.2, -0.15) is 0 Å². The normalized spacial score (nSPS) is 28.9. The molecule has 1 fully saturated rings. The minimum absolute atomic E-state index is 0.172. The first-order chi connectivity index (χ1) is 14.6. The van der Waals surface area contributed by atoms with Gasteiger partial charge < -0.3 is 14.2 Å². The zero-order chi connectivity index (χ0) is 22.6. The van der Waals surface area contributed by atoms with Gasteiger partial charge in [-0.3, -0.25) is 14.5 Å². The van der Waals surface area contributed by atoms with E-state index >= 15 is 0 Å². The second-order valence-corrected chi connectivity index (χ2v) is 10.4. The van der Waals surface area contributed by atoms with Crippen molar-refractivity contribution in [2.24, 2.45) is 11.3 Å². The van der Waals surface area contributed by atoms with Gasteiger partial charge in [-0.15, -0.1) is 0 Å². The second kappa shape index (κ2) is 7.80. The average Bonchev–Trinajstić information content (AvgIpc) is 3.07. The molecule has 0 amide bonds. The molecule has 0 radical (unpaired) electrons. The van der Waals surface area contributed by atoms with E-state index in [1.807, 2.05) is 33.9 Å². The minimum Gasteiger partial charge on any atom is -0.493 e. The zero-order valence-corrected chi connectivity index (χ0v) is 19.6. The molecule has 1 saturated carbocycles. The fraction of sp³-hybridized carbons (Fsp3) is 0.680. The van der Waals surface area contributed by atoms with Crippen LogP contribution in [0.4, 0.5) is 0 Å². The maximum absolute atomic E-state index is 13.1. The van der Waals surface area contributed by atoms with E-state index in [9.17, 15) is 9.59 Å². The Labute approximate surface area is 185 Å². The van der Waals surface area contributed by atoms with Crippen molar-refractivity contribution in [2.75, 3.05) is 20.9 Å². The zero-order valence-electron chi connectivity index (χ0n) is 19.6. The predicted octanol–water partition coefficient (Wildman–Crippen LogP) is 3.88. The fourth-order valence-corrected chi connectivity index (χ4v) is 6.03. The number of rotatable bonds is 6. The first-order valence-corrected chi connectivity index (χ1v) is 11.4. The third kappa shape index (κ3) is 3.34. The number of ketones is 1. The highest BCUT2D eigenvalue weighted by Gasteiger charge is 2.63. The fourth-order valence-electron chi connectivity index (χ4n) is 6.03. The number of carbonyl (C=O) groups excluding carboxylic acids is 2. The molecule has 0 aromatic heterocycles. The molecule has 1 aromatic carbocycles. The van der Waals surface area contributed by atoms with Crippen LogP contribution in [0, 0.1) is 11.3 Å². The molecule has 6 heteroatoms. The highest BCUT2D eigenvalue weighted by molar-refractivity contribution is 5.89. The molecule has 31 heavy (non-hydrogen) atoms. The molecule has 1 heterocycles. The molecular formula is C25H35NO5. The Morgan fingerprint density at radius 2 is 2.06 bits per heavy atom. The molecule has 4 atom stereocenters. The van der Waals surface area contributed by atoms with E-state index in [2.05, 4.69) is 17.9 Å². The van der Waals surface area contributed by atoms with Crippen LogP contribution in [0.25, 0.3) is 0 Å². The summed E-state index contributed by atoms with van der Waals surface area (Å²) in [6.07, 6.45) is 3.61. The molecule has 1 aromatic rings. The van der Waals surface area contributed by atoms with Crippen molar-refractivity contribution in [3.63, 3.8) is 0 Å². The maximum atomic E-state index is 13.1. The van der Waals surface area contributed by atoms with Crippen LogP contribution in [0.3, 0.4) is 0 Å². The lowest BCUT2D eigenvalue weighted by Crippen LogP contribution is -2.61. The van der Waals surface area contributed by atoms with Crippen LogP contribution in [0.5, 0.6) is 11.5 Å². The number of likely N-dealkylation sites (N-methyl/N-ethyl adjacent to an activating group) is 1. The molecule has 3 aliphatic rings. The highest BCUT2D eigenvalue weighted by atomic mass is 16.5. The standard InChI is InChI=1S/C25H35NO5/c1-7-12-25-16-9-10-18(27)22(25)31-21-19(29-6)11-8-15(20(21)25)13-17(16)26(5)14-30-23(28)24(2,3)4/h8,11,16-17,22H,7,9-10,12-14H2,1-6H3/t16-,17?,22-,25-/m0/s1. The summed E-state index contributed by atoms with van der Waals surface area (Å²) in [5, 5.41) is 0. The van der Waals surface area contributed by atoms with Crippen molar-refractivity contribution in [1.82, 2.24) is 4.90 Å². The lowest BCUT2D eigenvalue weighted by atomic mass is 9.53. The van der Waals surface area contributed by atoms with Crippen LogP contribution in [-0.4, -0.2) is 49.7 Å². The van der Waals surface area contributed by atoms with Crippen molar-refractivity contribution in [2.45, 2.75) is 77.4 Å². The molecule has 1 unspecified atom stereocenters. The summed E-state index contributed by atoms with van der Waals surface area (Å²) in [6.45, 7) is 8.02. The summed E-state index contributed by atoms with van der Waals surface area (Å²) in [5.41, 5.74) is 1.54. The molecule has 0 N–H and O–H groups in total. The van der Waals surface area contributed by atoms with Gasteiger partial charge in [-0.05, 0) is 64.6 Å². The Kier molecular flexibility index (Phi) is 5.57. The molecule has 0 saturated heterocycles. The van der Waals surface area contributed by atoms with E-state index in [-0.39, 0.29) is 35.9 Å². The van der Waals surface area contributed by atoms with Gasteiger partial charge in [-0.25, -0.2) is 0 Å². The smallest absolute Gasteiger partial charge is 0.312 e. The van der Waals surface area contributed by atoms with Gasteiger partial charge in [0.15, 0.2) is 23.4 Å². The highest BCUT2D eigenvalue weighted by Crippen LogP contribution is 2.61. The molecule has 6 nitrogen and oxygen atoms in total. The first kappa shape index (κ1) is 22.1. The van der Waals surface area contributed by atoms with Gasteiger partial charge in [-0.1, -0.05) is 19.4 Å². The average molecular weight is 430 g/mol. The largest absolute Gasteiger partial charge is 0.493 e. The van der Waals surface area contributed by atoms with Gasteiger partial charge in [0.05, 0.1) is 12.5 Å². The Bertz CT molecular complexity index is 889. The Balaban J connectivity index is 1.74.